The number of esters is 1. The number of barbiturate groups is 1. The highest BCUT2D eigenvalue weighted by molar-refractivity contribution is 6.39. The Morgan fingerprint density at radius 1 is 0.973 bits per heavy atom. The standard InChI is InChI=1S/C27H19N3O7/c1-17-6-11-20(12-7-17)29-26(33)22(25(32)28-27(29)34)16-19-4-2-3-5-23(19)37-24(31)15-10-18-8-13-21(14-9-18)30(35)36/h2-16H,1H3,(H,28,32,34)/b15-10+,22-16-. The lowest BCUT2D eigenvalue weighted by atomic mass is 10.1. The van der Waals surface area contributed by atoms with Crippen LogP contribution in [0.2, 0.25) is 0 Å². The number of amides is 4. The largest absolute Gasteiger partial charge is 0.423 e. The van der Waals surface area contributed by atoms with Crippen molar-refractivity contribution in [3.05, 3.63) is 111 Å². The van der Waals surface area contributed by atoms with E-state index < -0.39 is 28.7 Å². The quantitative estimate of drug-likeness (QED) is 0.135. The highest BCUT2D eigenvalue weighted by Gasteiger charge is 2.37. The highest BCUT2D eigenvalue weighted by Crippen LogP contribution is 2.26. The minimum absolute atomic E-state index is 0.0766. The molecule has 3 aromatic carbocycles. The fourth-order valence-corrected chi connectivity index (χ4v) is 3.45. The molecule has 0 atom stereocenters. The van der Waals surface area contributed by atoms with Crippen molar-refractivity contribution < 1.29 is 28.8 Å². The first kappa shape index (κ1) is 24.7. The SMILES string of the molecule is Cc1ccc(N2C(=O)NC(=O)/C(=C/c3ccccc3OC(=O)/C=C/c3ccc([N+](=O)[O-])cc3)C2=O)cc1. The summed E-state index contributed by atoms with van der Waals surface area (Å²) in [5.41, 5.74) is 1.64. The summed E-state index contributed by atoms with van der Waals surface area (Å²) in [7, 11) is 0. The van der Waals surface area contributed by atoms with Gasteiger partial charge in [0, 0.05) is 23.8 Å². The van der Waals surface area contributed by atoms with E-state index in [1.54, 1.807) is 42.5 Å². The van der Waals surface area contributed by atoms with Crippen LogP contribution < -0.4 is 15.0 Å². The lowest BCUT2D eigenvalue weighted by Crippen LogP contribution is -2.54. The summed E-state index contributed by atoms with van der Waals surface area (Å²) in [5, 5.41) is 12.9. The van der Waals surface area contributed by atoms with Gasteiger partial charge in [-0.05, 0) is 55.0 Å². The molecule has 10 nitrogen and oxygen atoms in total. The van der Waals surface area contributed by atoms with Crippen molar-refractivity contribution in [2.24, 2.45) is 0 Å². The number of anilines is 1. The number of carbonyl (C=O) groups is 4. The predicted octanol–water partition coefficient (Wildman–Crippen LogP) is 4.19. The number of rotatable bonds is 6. The number of nitro benzene ring substituents is 1. The lowest BCUT2D eigenvalue weighted by molar-refractivity contribution is -0.384. The number of para-hydroxylation sites is 1. The van der Waals surface area contributed by atoms with E-state index in [0.29, 0.717) is 11.3 Å². The molecule has 0 saturated carbocycles. The number of benzene rings is 3. The maximum atomic E-state index is 13.1. The summed E-state index contributed by atoms with van der Waals surface area (Å²) in [6.45, 7) is 1.86. The van der Waals surface area contributed by atoms with Crippen LogP contribution in [0.1, 0.15) is 16.7 Å². The van der Waals surface area contributed by atoms with Crippen LogP contribution in [0.15, 0.2) is 84.4 Å². The van der Waals surface area contributed by atoms with Crippen molar-refractivity contribution in [1.29, 1.82) is 0 Å². The molecule has 0 aromatic heterocycles. The van der Waals surface area contributed by atoms with Gasteiger partial charge in [-0.25, -0.2) is 14.5 Å². The first-order valence-electron chi connectivity index (χ1n) is 10.9. The Labute approximate surface area is 210 Å². The van der Waals surface area contributed by atoms with E-state index in [9.17, 15) is 29.3 Å². The maximum Gasteiger partial charge on any atom is 0.336 e. The van der Waals surface area contributed by atoms with Gasteiger partial charge in [0.1, 0.15) is 11.3 Å². The number of hydrogen-bond acceptors (Lipinski definition) is 7. The van der Waals surface area contributed by atoms with Gasteiger partial charge in [-0.3, -0.25) is 25.0 Å². The molecule has 1 fully saturated rings. The number of urea groups is 1. The van der Waals surface area contributed by atoms with Gasteiger partial charge in [0.2, 0.25) is 0 Å². The van der Waals surface area contributed by atoms with Crippen LogP contribution >= 0.6 is 0 Å². The molecule has 0 spiro atoms. The summed E-state index contributed by atoms with van der Waals surface area (Å²) in [6.07, 6.45) is 3.81. The zero-order chi connectivity index (χ0) is 26.5. The van der Waals surface area contributed by atoms with Crippen LogP contribution in [0.5, 0.6) is 5.75 Å². The minimum atomic E-state index is -0.877. The fraction of sp³-hybridized carbons (Fsp3) is 0.0370. The lowest BCUT2D eigenvalue weighted by Gasteiger charge is -2.26. The van der Waals surface area contributed by atoms with Crippen molar-refractivity contribution in [3.8, 4) is 5.75 Å². The molecule has 1 saturated heterocycles. The number of aryl methyl sites for hydroxylation is 1. The molecule has 1 N–H and O–H groups in total. The van der Waals surface area contributed by atoms with Gasteiger partial charge >= 0.3 is 12.0 Å². The van der Waals surface area contributed by atoms with Crippen molar-refractivity contribution in [2.45, 2.75) is 6.92 Å². The molecule has 184 valence electrons. The van der Waals surface area contributed by atoms with Crippen molar-refractivity contribution in [3.63, 3.8) is 0 Å². The highest BCUT2D eigenvalue weighted by atomic mass is 16.6. The van der Waals surface area contributed by atoms with Crippen molar-refractivity contribution >= 4 is 47.3 Å². The van der Waals surface area contributed by atoms with Gasteiger partial charge in [-0.2, -0.15) is 0 Å². The average molecular weight is 497 g/mol. The summed E-state index contributed by atoms with van der Waals surface area (Å²) >= 11 is 0. The molecule has 4 rings (SSSR count). The number of hydrogen-bond donors (Lipinski definition) is 1. The molecule has 0 radical (unpaired) electrons. The first-order chi connectivity index (χ1) is 17.7. The molecule has 1 heterocycles. The molecule has 0 bridgehead atoms. The molecular weight excluding hydrogens is 478 g/mol. The average Bonchev–Trinajstić information content (AvgIpc) is 2.87. The third-order valence-corrected chi connectivity index (χ3v) is 5.34. The van der Waals surface area contributed by atoms with Gasteiger partial charge in [0.05, 0.1) is 10.6 Å². The first-order valence-corrected chi connectivity index (χ1v) is 10.9. The van der Waals surface area contributed by atoms with Crippen LogP contribution in [-0.2, 0) is 14.4 Å². The van der Waals surface area contributed by atoms with Crippen LogP contribution in [0, 0.1) is 17.0 Å². The van der Waals surface area contributed by atoms with E-state index in [1.807, 2.05) is 6.92 Å². The van der Waals surface area contributed by atoms with Gasteiger partial charge in [0.15, 0.2) is 0 Å². The summed E-state index contributed by atoms with van der Waals surface area (Å²) < 4.78 is 5.38. The van der Waals surface area contributed by atoms with Crippen molar-refractivity contribution in [2.75, 3.05) is 4.90 Å². The zero-order valence-corrected chi connectivity index (χ0v) is 19.4. The number of ether oxygens (including phenoxy) is 1. The molecule has 1 aliphatic heterocycles. The number of nitrogens with one attached hydrogen (secondary N) is 1. The molecule has 0 unspecified atom stereocenters. The van der Waals surface area contributed by atoms with Crippen LogP contribution in [0.3, 0.4) is 0 Å². The third kappa shape index (κ3) is 5.65. The molecule has 4 amide bonds. The second-order valence-corrected chi connectivity index (χ2v) is 7.93. The molecule has 3 aromatic rings. The van der Waals surface area contributed by atoms with Crippen molar-refractivity contribution in [1.82, 2.24) is 5.32 Å². The number of imide groups is 2. The monoisotopic (exact) mass is 497 g/mol. The van der Waals surface area contributed by atoms with Crippen LogP contribution in [0.4, 0.5) is 16.2 Å². The van der Waals surface area contributed by atoms with Gasteiger partial charge in [0.25, 0.3) is 17.5 Å². The molecule has 1 aliphatic rings. The van der Waals surface area contributed by atoms with E-state index in [1.165, 1.54) is 42.5 Å². The van der Waals surface area contributed by atoms with E-state index in [2.05, 4.69) is 5.32 Å². The number of carbonyl (C=O) groups excluding carboxylic acids is 4. The fourth-order valence-electron chi connectivity index (χ4n) is 3.45. The van der Waals surface area contributed by atoms with E-state index in [4.69, 9.17) is 4.74 Å². The Morgan fingerprint density at radius 2 is 1.65 bits per heavy atom. The van der Waals surface area contributed by atoms with E-state index in [0.717, 1.165) is 16.5 Å². The molecule has 37 heavy (non-hydrogen) atoms. The van der Waals surface area contributed by atoms with Gasteiger partial charge in [-0.15, -0.1) is 0 Å². The third-order valence-electron chi connectivity index (χ3n) is 5.34. The molecule has 0 aliphatic carbocycles. The summed E-state index contributed by atoms with van der Waals surface area (Å²) in [4.78, 5) is 61.5. The Morgan fingerprint density at radius 3 is 2.32 bits per heavy atom. The number of non-ortho nitro benzene ring substituents is 1. The van der Waals surface area contributed by atoms with E-state index in [-0.39, 0.29) is 22.6 Å². The zero-order valence-electron chi connectivity index (χ0n) is 19.4. The summed E-state index contributed by atoms with van der Waals surface area (Å²) in [6, 6.07) is 17.6. The van der Waals surface area contributed by atoms with Crippen LogP contribution in [0.25, 0.3) is 12.2 Å². The van der Waals surface area contributed by atoms with Gasteiger partial charge < -0.3 is 4.74 Å². The second kappa shape index (κ2) is 10.5. The second-order valence-electron chi connectivity index (χ2n) is 7.93. The topological polar surface area (TPSA) is 136 Å². The Hall–Kier alpha value is -5.38. The normalized spacial score (nSPS) is 14.7. The minimum Gasteiger partial charge on any atom is -0.423 e. The Balaban J connectivity index is 1.56. The Bertz CT molecular complexity index is 1470. The van der Waals surface area contributed by atoms with E-state index >= 15 is 0 Å². The maximum absolute atomic E-state index is 13.1. The molecule has 10 heteroatoms. The summed E-state index contributed by atoms with van der Waals surface area (Å²) in [5.74, 6) is -2.37. The predicted molar refractivity (Wildman–Crippen MR) is 134 cm³/mol. The molecular formula is C27H19N3O7. The van der Waals surface area contributed by atoms with Gasteiger partial charge in [-0.1, -0.05) is 35.9 Å². The Kier molecular flexibility index (Phi) is 7.01. The smallest absolute Gasteiger partial charge is 0.336 e. The number of nitrogens with zero attached hydrogens (tertiary/aromatic N) is 2. The van der Waals surface area contributed by atoms with Crippen LogP contribution in [-0.4, -0.2) is 28.7 Å². The number of nitro groups is 1.